The van der Waals surface area contributed by atoms with Crippen molar-refractivity contribution in [2.24, 2.45) is 5.92 Å². The summed E-state index contributed by atoms with van der Waals surface area (Å²) in [6.45, 7) is 2.88. The van der Waals surface area contributed by atoms with Gasteiger partial charge >= 0.3 is 0 Å². The molecular formula is C17H24N4O2. The molecule has 6 heteroatoms. The number of aromatic nitrogens is 2. The maximum absolute atomic E-state index is 12.8. The van der Waals surface area contributed by atoms with E-state index in [9.17, 15) is 9.59 Å². The highest BCUT2D eigenvalue weighted by atomic mass is 16.2. The van der Waals surface area contributed by atoms with Gasteiger partial charge in [0.2, 0.25) is 5.91 Å². The van der Waals surface area contributed by atoms with Gasteiger partial charge in [-0.15, -0.1) is 5.10 Å². The van der Waals surface area contributed by atoms with Gasteiger partial charge in [-0.2, -0.15) is 5.10 Å². The Kier molecular flexibility index (Phi) is 4.88. The van der Waals surface area contributed by atoms with Crippen molar-refractivity contribution in [1.29, 1.82) is 0 Å². The summed E-state index contributed by atoms with van der Waals surface area (Å²) in [7, 11) is 0. The SMILES string of the molecule is Cc1ccc(C(=O)N2CCNC(=O)[C@H]2CC2CCCCC2)nn1. The number of aryl methyl sites for hydroxylation is 1. The smallest absolute Gasteiger partial charge is 0.275 e. The van der Waals surface area contributed by atoms with Crippen LogP contribution in [0.2, 0.25) is 0 Å². The van der Waals surface area contributed by atoms with E-state index in [0.29, 0.717) is 24.7 Å². The zero-order valence-electron chi connectivity index (χ0n) is 13.6. The highest BCUT2D eigenvalue weighted by Gasteiger charge is 2.35. The summed E-state index contributed by atoms with van der Waals surface area (Å²) >= 11 is 0. The van der Waals surface area contributed by atoms with Crippen LogP contribution in [-0.4, -0.2) is 46.0 Å². The van der Waals surface area contributed by atoms with Gasteiger partial charge in [-0.05, 0) is 31.4 Å². The van der Waals surface area contributed by atoms with E-state index in [0.717, 1.165) is 25.0 Å². The van der Waals surface area contributed by atoms with Crippen LogP contribution in [0.4, 0.5) is 0 Å². The van der Waals surface area contributed by atoms with Gasteiger partial charge in [0.1, 0.15) is 6.04 Å². The van der Waals surface area contributed by atoms with Crippen LogP contribution in [0.1, 0.15) is 54.7 Å². The lowest BCUT2D eigenvalue weighted by molar-refractivity contribution is -0.128. The van der Waals surface area contributed by atoms with Crippen LogP contribution in [-0.2, 0) is 4.79 Å². The quantitative estimate of drug-likeness (QED) is 0.921. The summed E-state index contributed by atoms with van der Waals surface area (Å²) in [6, 6.07) is 3.09. The Labute approximate surface area is 136 Å². The fourth-order valence-electron chi connectivity index (χ4n) is 3.59. The summed E-state index contributed by atoms with van der Waals surface area (Å²) in [4.78, 5) is 26.8. The second-order valence-corrected chi connectivity index (χ2v) is 6.61. The molecule has 1 aliphatic heterocycles. The zero-order chi connectivity index (χ0) is 16.2. The standard InChI is InChI=1S/C17H24N4O2/c1-12-7-8-14(20-19-12)17(23)21-10-9-18-16(22)15(21)11-13-5-3-2-4-6-13/h7-8,13,15H,2-6,9-11H2,1H3,(H,18,22)/t15-/m1/s1. The molecule has 6 nitrogen and oxygen atoms in total. The van der Waals surface area contributed by atoms with Crippen molar-refractivity contribution in [1.82, 2.24) is 20.4 Å². The van der Waals surface area contributed by atoms with E-state index < -0.39 is 0 Å². The zero-order valence-corrected chi connectivity index (χ0v) is 13.6. The maximum Gasteiger partial charge on any atom is 0.275 e. The molecule has 0 unspecified atom stereocenters. The number of nitrogens with zero attached hydrogens (tertiary/aromatic N) is 3. The van der Waals surface area contributed by atoms with Gasteiger partial charge < -0.3 is 10.2 Å². The number of hydrogen-bond donors (Lipinski definition) is 1. The summed E-state index contributed by atoms with van der Waals surface area (Å²) in [5.74, 6) is 0.320. The van der Waals surface area contributed by atoms with Gasteiger partial charge in [0.15, 0.2) is 5.69 Å². The minimum absolute atomic E-state index is 0.0322. The minimum Gasteiger partial charge on any atom is -0.353 e. The Morgan fingerprint density at radius 2 is 2.04 bits per heavy atom. The lowest BCUT2D eigenvalue weighted by atomic mass is 9.84. The molecule has 1 aliphatic carbocycles. The van der Waals surface area contributed by atoms with Crippen LogP contribution in [0.5, 0.6) is 0 Å². The predicted octanol–water partition coefficient (Wildman–Crippen LogP) is 1.70. The molecule has 1 saturated heterocycles. The normalized spacial score (nSPS) is 22.7. The highest BCUT2D eigenvalue weighted by molar-refractivity contribution is 5.96. The maximum atomic E-state index is 12.8. The first-order valence-corrected chi connectivity index (χ1v) is 8.54. The second-order valence-electron chi connectivity index (χ2n) is 6.61. The summed E-state index contributed by atoms with van der Waals surface area (Å²) < 4.78 is 0. The molecule has 1 atom stereocenters. The summed E-state index contributed by atoms with van der Waals surface area (Å²) in [5, 5.41) is 10.8. The van der Waals surface area contributed by atoms with Crippen molar-refractivity contribution in [2.45, 2.75) is 51.5 Å². The number of hydrogen-bond acceptors (Lipinski definition) is 4. The van der Waals surface area contributed by atoms with Crippen molar-refractivity contribution >= 4 is 11.8 Å². The number of nitrogens with one attached hydrogen (secondary N) is 1. The van der Waals surface area contributed by atoms with Crippen molar-refractivity contribution in [3.8, 4) is 0 Å². The third kappa shape index (κ3) is 3.68. The van der Waals surface area contributed by atoms with E-state index in [1.54, 1.807) is 17.0 Å². The molecule has 1 saturated carbocycles. The lowest BCUT2D eigenvalue weighted by Crippen LogP contribution is -2.57. The number of carbonyl (C=O) groups is 2. The topological polar surface area (TPSA) is 75.2 Å². The number of amides is 2. The summed E-state index contributed by atoms with van der Waals surface area (Å²) in [5.41, 5.74) is 1.09. The second kappa shape index (κ2) is 7.06. The fourth-order valence-corrected chi connectivity index (χ4v) is 3.59. The Bertz CT molecular complexity index is 566. The Morgan fingerprint density at radius 1 is 1.26 bits per heavy atom. The number of rotatable bonds is 3. The van der Waals surface area contributed by atoms with E-state index in [4.69, 9.17) is 0 Å². The molecule has 3 rings (SSSR count). The monoisotopic (exact) mass is 316 g/mol. The van der Waals surface area contributed by atoms with Crippen LogP contribution in [0, 0.1) is 12.8 Å². The molecule has 0 spiro atoms. The van der Waals surface area contributed by atoms with Crippen molar-refractivity contribution in [3.05, 3.63) is 23.5 Å². The largest absolute Gasteiger partial charge is 0.353 e. The Morgan fingerprint density at radius 3 is 2.74 bits per heavy atom. The van der Waals surface area contributed by atoms with E-state index >= 15 is 0 Å². The van der Waals surface area contributed by atoms with Crippen molar-refractivity contribution < 1.29 is 9.59 Å². The van der Waals surface area contributed by atoms with Crippen molar-refractivity contribution in [2.75, 3.05) is 13.1 Å². The molecule has 2 fully saturated rings. The first-order valence-electron chi connectivity index (χ1n) is 8.54. The molecule has 2 aliphatic rings. The first kappa shape index (κ1) is 15.9. The first-order chi connectivity index (χ1) is 11.1. The van der Waals surface area contributed by atoms with Crippen LogP contribution < -0.4 is 5.32 Å². The molecule has 1 aromatic heterocycles. The van der Waals surface area contributed by atoms with E-state index in [-0.39, 0.29) is 17.9 Å². The minimum atomic E-state index is -0.373. The molecule has 124 valence electrons. The molecule has 23 heavy (non-hydrogen) atoms. The molecule has 2 heterocycles. The molecule has 1 aromatic rings. The summed E-state index contributed by atoms with van der Waals surface area (Å²) in [6.07, 6.45) is 6.84. The molecule has 2 amide bonds. The van der Waals surface area contributed by atoms with Gasteiger partial charge in [-0.3, -0.25) is 9.59 Å². The van der Waals surface area contributed by atoms with Crippen LogP contribution in [0.15, 0.2) is 12.1 Å². The van der Waals surface area contributed by atoms with Crippen LogP contribution in [0.3, 0.4) is 0 Å². The third-order valence-electron chi connectivity index (χ3n) is 4.89. The average Bonchev–Trinajstić information content (AvgIpc) is 2.58. The average molecular weight is 316 g/mol. The molecule has 1 N–H and O–H groups in total. The van der Waals surface area contributed by atoms with Gasteiger partial charge in [-0.1, -0.05) is 32.1 Å². The predicted molar refractivity (Wildman–Crippen MR) is 85.8 cm³/mol. The molecule has 0 aromatic carbocycles. The van der Waals surface area contributed by atoms with E-state index in [1.165, 1.54) is 19.3 Å². The van der Waals surface area contributed by atoms with E-state index in [1.807, 2.05) is 6.92 Å². The fraction of sp³-hybridized carbons (Fsp3) is 0.647. The van der Waals surface area contributed by atoms with Crippen molar-refractivity contribution in [3.63, 3.8) is 0 Å². The Hall–Kier alpha value is -1.98. The molecule has 0 radical (unpaired) electrons. The van der Waals surface area contributed by atoms with Gasteiger partial charge in [0.25, 0.3) is 5.91 Å². The molecule has 0 bridgehead atoms. The number of piperazine rings is 1. The lowest BCUT2D eigenvalue weighted by Gasteiger charge is -2.37. The van der Waals surface area contributed by atoms with Crippen LogP contribution in [0.25, 0.3) is 0 Å². The van der Waals surface area contributed by atoms with E-state index in [2.05, 4.69) is 15.5 Å². The van der Waals surface area contributed by atoms with Gasteiger partial charge in [0, 0.05) is 13.1 Å². The van der Waals surface area contributed by atoms with Gasteiger partial charge in [-0.25, -0.2) is 0 Å². The highest BCUT2D eigenvalue weighted by Crippen LogP contribution is 2.29. The third-order valence-corrected chi connectivity index (χ3v) is 4.89. The number of carbonyl (C=O) groups excluding carboxylic acids is 2. The van der Waals surface area contributed by atoms with Gasteiger partial charge in [0.05, 0.1) is 5.69 Å². The van der Waals surface area contributed by atoms with Crippen LogP contribution >= 0.6 is 0 Å². The molecular weight excluding hydrogens is 292 g/mol. The Balaban J connectivity index is 1.75.